The molecule has 120 valence electrons. The first-order valence-corrected chi connectivity index (χ1v) is 7.36. The predicted molar refractivity (Wildman–Crippen MR) is 86.2 cm³/mol. The molecular weight excluding hydrogens is 297 g/mol. The number of Topliss-reactive ketones (excluding diaryl/α,β-unsaturated/α-hetero) is 1. The zero-order valence-electron chi connectivity index (χ0n) is 13.0. The monoisotopic (exact) mass is 315 g/mol. The molecule has 0 saturated carbocycles. The number of amides is 1. The van der Waals surface area contributed by atoms with Gasteiger partial charge in [0.2, 0.25) is 0 Å². The quantitative estimate of drug-likeness (QED) is 0.824. The number of ether oxygens (including phenoxy) is 1. The molecule has 2 rings (SSSR count). The number of para-hydroxylation sites is 1. The maximum Gasteiger partial charge on any atom is 0.265 e. The van der Waals surface area contributed by atoms with E-state index < -0.39 is 17.8 Å². The van der Waals surface area contributed by atoms with Crippen molar-refractivity contribution in [1.29, 1.82) is 0 Å². The second-order valence-corrected chi connectivity index (χ2v) is 5.03. The molecule has 0 unspecified atom stereocenters. The third-order valence-electron chi connectivity index (χ3n) is 3.31. The van der Waals surface area contributed by atoms with Gasteiger partial charge in [0.1, 0.15) is 11.6 Å². The first-order valence-electron chi connectivity index (χ1n) is 7.36. The normalized spacial score (nSPS) is 11.6. The Hall–Kier alpha value is -2.69. The zero-order valence-corrected chi connectivity index (χ0v) is 13.0. The molecule has 5 heteroatoms. The van der Waals surface area contributed by atoms with Crippen LogP contribution in [0, 0.1) is 5.82 Å². The average Bonchev–Trinajstić information content (AvgIpc) is 2.56. The summed E-state index contributed by atoms with van der Waals surface area (Å²) in [5.74, 6) is -0.449. The minimum atomic E-state index is -0.803. The summed E-state index contributed by atoms with van der Waals surface area (Å²) in [6.45, 7) is 3.36. The highest BCUT2D eigenvalue weighted by Crippen LogP contribution is 2.17. The third kappa shape index (κ3) is 4.39. The van der Waals surface area contributed by atoms with E-state index in [2.05, 4.69) is 5.32 Å². The summed E-state index contributed by atoms with van der Waals surface area (Å²) < 4.78 is 19.0. The van der Waals surface area contributed by atoms with Gasteiger partial charge in [-0.25, -0.2) is 4.39 Å². The molecule has 0 spiro atoms. The number of hydrogen-bond donors (Lipinski definition) is 1. The van der Waals surface area contributed by atoms with Crippen molar-refractivity contribution in [2.45, 2.75) is 26.4 Å². The molecule has 0 aliphatic heterocycles. The van der Waals surface area contributed by atoms with Crippen LogP contribution in [-0.2, 0) is 4.79 Å². The number of carbonyl (C=O) groups excluding carboxylic acids is 2. The number of ketones is 1. The lowest BCUT2D eigenvalue weighted by Gasteiger charge is -2.15. The molecule has 1 amide bonds. The molecule has 0 saturated heterocycles. The topological polar surface area (TPSA) is 55.4 Å². The highest BCUT2D eigenvalue weighted by atomic mass is 19.1. The Morgan fingerprint density at radius 2 is 1.78 bits per heavy atom. The van der Waals surface area contributed by atoms with E-state index in [1.807, 2.05) is 0 Å². The summed E-state index contributed by atoms with van der Waals surface area (Å²) in [6, 6.07) is 12.5. The summed E-state index contributed by atoms with van der Waals surface area (Å²) in [7, 11) is 0. The molecule has 0 bridgehead atoms. The van der Waals surface area contributed by atoms with Crippen molar-refractivity contribution in [2.24, 2.45) is 0 Å². The third-order valence-corrected chi connectivity index (χ3v) is 3.31. The number of halogens is 1. The molecular formula is C18H18FNO3. The lowest BCUT2D eigenvalue weighted by molar-refractivity contribution is -0.122. The first-order chi connectivity index (χ1) is 11.0. The summed E-state index contributed by atoms with van der Waals surface area (Å²) in [6.07, 6.45) is -0.371. The van der Waals surface area contributed by atoms with Gasteiger partial charge >= 0.3 is 0 Å². The van der Waals surface area contributed by atoms with E-state index in [0.29, 0.717) is 17.7 Å². The van der Waals surface area contributed by atoms with E-state index in [4.69, 9.17) is 4.74 Å². The molecule has 2 aromatic rings. The van der Waals surface area contributed by atoms with Crippen LogP contribution in [-0.4, -0.2) is 17.8 Å². The molecule has 4 nitrogen and oxygen atoms in total. The molecule has 0 heterocycles. The Kier molecular flexibility index (Phi) is 5.46. The fourth-order valence-electron chi connectivity index (χ4n) is 1.98. The smallest absolute Gasteiger partial charge is 0.265 e. The Morgan fingerprint density at radius 3 is 2.39 bits per heavy atom. The molecule has 2 aromatic carbocycles. The van der Waals surface area contributed by atoms with Crippen molar-refractivity contribution in [3.05, 3.63) is 59.9 Å². The Bertz CT molecular complexity index is 698. The number of anilines is 1. The Morgan fingerprint density at radius 1 is 1.13 bits per heavy atom. The van der Waals surface area contributed by atoms with Crippen molar-refractivity contribution in [3.8, 4) is 5.75 Å². The number of carbonyl (C=O) groups is 2. The summed E-state index contributed by atoms with van der Waals surface area (Å²) >= 11 is 0. The van der Waals surface area contributed by atoms with E-state index in [-0.39, 0.29) is 11.5 Å². The van der Waals surface area contributed by atoms with Crippen molar-refractivity contribution < 1.29 is 18.7 Å². The van der Waals surface area contributed by atoms with E-state index in [1.54, 1.807) is 50.2 Å². The van der Waals surface area contributed by atoms with E-state index >= 15 is 0 Å². The molecule has 0 aromatic heterocycles. The Labute approximate surface area is 134 Å². The highest BCUT2D eigenvalue weighted by molar-refractivity contribution is 5.96. The van der Waals surface area contributed by atoms with Crippen LogP contribution in [0.25, 0.3) is 0 Å². The maximum atomic E-state index is 13.5. The second kappa shape index (κ2) is 7.54. The van der Waals surface area contributed by atoms with Crippen molar-refractivity contribution in [1.82, 2.24) is 0 Å². The zero-order chi connectivity index (χ0) is 16.8. The number of nitrogens with one attached hydrogen (secondary N) is 1. The van der Waals surface area contributed by atoms with Crippen LogP contribution >= 0.6 is 0 Å². The largest absolute Gasteiger partial charge is 0.481 e. The number of hydrogen-bond acceptors (Lipinski definition) is 3. The number of rotatable bonds is 6. The van der Waals surface area contributed by atoms with Gasteiger partial charge in [-0.2, -0.15) is 0 Å². The molecule has 0 fully saturated rings. The van der Waals surface area contributed by atoms with Crippen LogP contribution < -0.4 is 10.1 Å². The van der Waals surface area contributed by atoms with Crippen LogP contribution in [0.5, 0.6) is 5.75 Å². The van der Waals surface area contributed by atoms with Gasteiger partial charge in [0, 0.05) is 12.0 Å². The van der Waals surface area contributed by atoms with Gasteiger partial charge < -0.3 is 10.1 Å². The SMILES string of the molecule is CCC(=O)c1ccc(O[C@@H](C)C(=O)Nc2ccccc2F)cc1. The Balaban J connectivity index is 1.98. The fourth-order valence-corrected chi connectivity index (χ4v) is 1.98. The maximum absolute atomic E-state index is 13.5. The van der Waals surface area contributed by atoms with Crippen LogP contribution in [0.1, 0.15) is 30.6 Å². The van der Waals surface area contributed by atoms with Gasteiger partial charge in [-0.3, -0.25) is 9.59 Å². The molecule has 1 atom stereocenters. The van der Waals surface area contributed by atoms with Gasteiger partial charge in [-0.15, -0.1) is 0 Å². The van der Waals surface area contributed by atoms with Gasteiger partial charge in [0.25, 0.3) is 5.91 Å². The molecule has 1 N–H and O–H groups in total. The summed E-state index contributed by atoms with van der Waals surface area (Å²) in [4.78, 5) is 23.6. The molecule has 23 heavy (non-hydrogen) atoms. The number of benzene rings is 2. The molecule has 0 radical (unpaired) electrons. The average molecular weight is 315 g/mol. The van der Waals surface area contributed by atoms with Crippen LogP contribution in [0.15, 0.2) is 48.5 Å². The lowest BCUT2D eigenvalue weighted by Crippen LogP contribution is -2.30. The van der Waals surface area contributed by atoms with Crippen LogP contribution in [0.4, 0.5) is 10.1 Å². The van der Waals surface area contributed by atoms with Gasteiger partial charge in [0.05, 0.1) is 5.69 Å². The first kappa shape index (κ1) is 16.7. The molecule has 0 aliphatic carbocycles. The van der Waals surface area contributed by atoms with Crippen LogP contribution in [0.3, 0.4) is 0 Å². The predicted octanol–water partition coefficient (Wildman–Crippen LogP) is 3.82. The van der Waals surface area contributed by atoms with E-state index in [0.717, 1.165) is 0 Å². The van der Waals surface area contributed by atoms with Crippen molar-refractivity contribution >= 4 is 17.4 Å². The van der Waals surface area contributed by atoms with E-state index in [9.17, 15) is 14.0 Å². The molecule has 0 aliphatic rings. The van der Waals surface area contributed by atoms with Gasteiger partial charge in [0.15, 0.2) is 11.9 Å². The minimum Gasteiger partial charge on any atom is -0.481 e. The standard InChI is InChI=1S/C18H18FNO3/c1-3-17(21)13-8-10-14(11-9-13)23-12(2)18(22)20-16-7-5-4-6-15(16)19/h4-12H,3H2,1-2H3,(H,20,22)/t12-/m0/s1. The summed E-state index contributed by atoms with van der Waals surface area (Å²) in [5.41, 5.74) is 0.708. The lowest BCUT2D eigenvalue weighted by atomic mass is 10.1. The van der Waals surface area contributed by atoms with Crippen molar-refractivity contribution in [3.63, 3.8) is 0 Å². The van der Waals surface area contributed by atoms with Gasteiger partial charge in [-0.1, -0.05) is 19.1 Å². The van der Waals surface area contributed by atoms with Crippen LogP contribution in [0.2, 0.25) is 0 Å². The summed E-state index contributed by atoms with van der Waals surface area (Å²) in [5, 5.41) is 2.48. The highest BCUT2D eigenvalue weighted by Gasteiger charge is 2.16. The van der Waals surface area contributed by atoms with Crippen molar-refractivity contribution in [2.75, 3.05) is 5.32 Å². The fraction of sp³-hybridized carbons (Fsp3) is 0.222. The minimum absolute atomic E-state index is 0.0434. The van der Waals surface area contributed by atoms with E-state index in [1.165, 1.54) is 12.1 Å². The second-order valence-electron chi connectivity index (χ2n) is 5.03. The van der Waals surface area contributed by atoms with Gasteiger partial charge in [-0.05, 0) is 43.3 Å².